The van der Waals surface area contributed by atoms with Crippen LogP contribution in [0.1, 0.15) is 10.4 Å². The largest absolute Gasteiger partial charge is 0.346 e. The number of carbonyl (C=O) groups is 1. The molecule has 0 aliphatic heterocycles. The Balaban J connectivity index is 0.00000256. The first kappa shape index (κ1) is 15.7. The van der Waals surface area contributed by atoms with E-state index in [4.69, 9.17) is 5.73 Å². The molecule has 17 heavy (non-hydrogen) atoms. The van der Waals surface area contributed by atoms with Crippen molar-refractivity contribution < 1.29 is 18.0 Å². The number of nitrogens with two attached hydrogens (primary N) is 1. The van der Waals surface area contributed by atoms with Crippen molar-refractivity contribution >= 4 is 18.3 Å². The SMILES string of the molecule is Cl.NCC(F)(F)CNC(=O)c1ccccc1F. The first-order valence-electron chi connectivity index (χ1n) is 4.57. The Morgan fingerprint density at radius 3 is 2.47 bits per heavy atom. The second-order valence-electron chi connectivity index (χ2n) is 3.22. The minimum atomic E-state index is -3.18. The maximum atomic E-state index is 13.1. The van der Waals surface area contributed by atoms with Gasteiger partial charge in [0.15, 0.2) is 0 Å². The highest BCUT2D eigenvalue weighted by atomic mass is 35.5. The zero-order valence-corrected chi connectivity index (χ0v) is 9.57. The van der Waals surface area contributed by atoms with E-state index in [9.17, 15) is 18.0 Å². The van der Waals surface area contributed by atoms with Crippen LogP contribution in [-0.2, 0) is 0 Å². The Bertz CT molecular complexity index is 388. The maximum Gasteiger partial charge on any atom is 0.277 e. The smallest absolute Gasteiger partial charge is 0.277 e. The van der Waals surface area contributed by atoms with Crippen molar-refractivity contribution in [2.45, 2.75) is 5.92 Å². The Labute approximate surface area is 103 Å². The molecule has 0 aromatic heterocycles. The van der Waals surface area contributed by atoms with Crippen LogP contribution in [0, 0.1) is 5.82 Å². The van der Waals surface area contributed by atoms with E-state index >= 15 is 0 Å². The van der Waals surface area contributed by atoms with Crippen molar-refractivity contribution in [1.29, 1.82) is 0 Å². The van der Waals surface area contributed by atoms with Crippen LogP contribution in [-0.4, -0.2) is 24.9 Å². The minimum absolute atomic E-state index is 0. The third-order valence-electron chi connectivity index (χ3n) is 1.92. The first-order valence-corrected chi connectivity index (χ1v) is 4.57. The summed E-state index contributed by atoms with van der Waals surface area (Å²) in [6.45, 7) is -1.78. The number of carbonyl (C=O) groups excluding carboxylic acids is 1. The van der Waals surface area contributed by atoms with Crippen LogP contribution >= 0.6 is 12.4 Å². The van der Waals surface area contributed by atoms with Crippen molar-refractivity contribution in [2.75, 3.05) is 13.1 Å². The molecule has 0 radical (unpaired) electrons. The fourth-order valence-electron chi connectivity index (χ4n) is 1.02. The summed E-state index contributed by atoms with van der Waals surface area (Å²) in [5.74, 6) is -4.82. The molecule has 0 aliphatic rings. The number of rotatable bonds is 4. The lowest BCUT2D eigenvalue weighted by atomic mass is 10.2. The summed E-state index contributed by atoms with van der Waals surface area (Å²) in [7, 11) is 0. The molecule has 0 saturated heterocycles. The van der Waals surface area contributed by atoms with E-state index in [-0.39, 0.29) is 18.0 Å². The molecule has 1 aromatic carbocycles. The molecule has 3 nitrogen and oxygen atoms in total. The second-order valence-corrected chi connectivity index (χ2v) is 3.22. The molecular formula is C10H12ClF3N2O. The fraction of sp³-hybridized carbons (Fsp3) is 0.300. The van der Waals surface area contributed by atoms with Crippen LogP contribution in [0.3, 0.4) is 0 Å². The third-order valence-corrected chi connectivity index (χ3v) is 1.92. The Morgan fingerprint density at radius 1 is 1.35 bits per heavy atom. The van der Waals surface area contributed by atoms with Gasteiger partial charge in [0.1, 0.15) is 5.82 Å². The third kappa shape index (κ3) is 4.62. The highest BCUT2D eigenvalue weighted by molar-refractivity contribution is 5.94. The van der Waals surface area contributed by atoms with E-state index in [1.807, 2.05) is 5.32 Å². The fourth-order valence-corrected chi connectivity index (χ4v) is 1.02. The number of halogens is 4. The van der Waals surface area contributed by atoms with Gasteiger partial charge in [-0.3, -0.25) is 4.79 Å². The summed E-state index contributed by atoms with van der Waals surface area (Å²) < 4.78 is 38.5. The van der Waals surface area contributed by atoms with Gasteiger partial charge in [-0.15, -0.1) is 12.4 Å². The standard InChI is InChI=1S/C10H11F3N2O.ClH/c11-8-4-2-1-3-7(8)9(16)15-6-10(12,13)5-14;/h1-4H,5-6,14H2,(H,15,16);1H. The normalized spacial score (nSPS) is 10.6. The molecule has 3 N–H and O–H groups in total. The number of nitrogens with one attached hydrogen (secondary N) is 1. The number of hydrogen-bond donors (Lipinski definition) is 2. The summed E-state index contributed by atoms with van der Waals surface area (Å²) in [5.41, 5.74) is 4.52. The molecule has 1 rings (SSSR count). The van der Waals surface area contributed by atoms with Gasteiger partial charge in [0.2, 0.25) is 0 Å². The zero-order chi connectivity index (χ0) is 12.2. The molecule has 7 heteroatoms. The van der Waals surface area contributed by atoms with Crippen molar-refractivity contribution in [3.63, 3.8) is 0 Å². The molecule has 0 unspecified atom stereocenters. The van der Waals surface area contributed by atoms with E-state index in [2.05, 4.69) is 0 Å². The first-order chi connectivity index (χ1) is 7.46. The molecule has 1 amide bonds. The van der Waals surface area contributed by atoms with Crippen LogP contribution in [0.4, 0.5) is 13.2 Å². The van der Waals surface area contributed by atoms with Crippen LogP contribution in [0.25, 0.3) is 0 Å². The van der Waals surface area contributed by atoms with E-state index in [0.29, 0.717) is 0 Å². The predicted octanol–water partition coefficient (Wildman–Crippen LogP) is 1.57. The summed E-state index contributed by atoms with van der Waals surface area (Å²) in [4.78, 5) is 11.3. The molecule has 0 bridgehead atoms. The summed E-state index contributed by atoms with van der Waals surface area (Å²) >= 11 is 0. The van der Waals surface area contributed by atoms with Gasteiger partial charge in [-0.05, 0) is 12.1 Å². The molecule has 0 spiro atoms. The van der Waals surface area contributed by atoms with Crippen LogP contribution in [0.2, 0.25) is 0 Å². The average molecular weight is 269 g/mol. The van der Waals surface area contributed by atoms with Crippen LogP contribution in [0.5, 0.6) is 0 Å². The molecule has 0 fully saturated rings. The van der Waals surface area contributed by atoms with Crippen molar-refractivity contribution in [3.8, 4) is 0 Å². The Hall–Kier alpha value is -1.27. The molecule has 0 saturated carbocycles. The lowest BCUT2D eigenvalue weighted by Crippen LogP contribution is -2.41. The maximum absolute atomic E-state index is 13.1. The van der Waals surface area contributed by atoms with E-state index in [0.717, 1.165) is 6.07 Å². The lowest BCUT2D eigenvalue weighted by Gasteiger charge is -2.14. The van der Waals surface area contributed by atoms with E-state index < -0.39 is 30.7 Å². The van der Waals surface area contributed by atoms with Gasteiger partial charge in [-0.25, -0.2) is 13.2 Å². The monoisotopic (exact) mass is 268 g/mol. The summed E-state index contributed by atoms with van der Waals surface area (Å²) in [5, 5.41) is 1.92. The number of amides is 1. The van der Waals surface area contributed by atoms with Gasteiger partial charge in [0, 0.05) is 0 Å². The van der Waals surface area contributed by atoms with Gasteiger partial charge in [-0.1, -0.05) is 12.1 Å². The molecule has 0 atom stereocenters. The quantitative estimate of drug-likeness (QED) is 0.871. The highest BCUT2D eigenvalue weighted by Gasteiger charge is 2.27. The predicted molar refractivity (Wildman–Crippen MR) is 60.0 cm³/mol. The molecule has 0 heterocycles. The van der Waals surface area contributed by atoms with Gasteiger partial charge in [-0.2, -0.15) is 0 Å². The topological polar surface area (TPSA) is 55.1 Å². The zero-order valence-electron chi connectivity index (χ0n) is 8.75. The van der Waals surface area contributed by atoms with Gasteiger partial charge >= 0.3 is 0 Å². The van der Waals surface area contributed by atoms with Crippen molar-refractivity contribution in [3.05, 3.63) is 35.6 Å². The summed E-state index contributed by atoms with van der Waals surface area (Å²) in [6.07, 6.45) is 0. The Morgan fingerprint density at radius 2 is 1.94 bits per heavy atom. The number of hydrogen-bond acceptors (Lipinski definition) is 2. The lowest BCUT2D eigenvalue weighted by molar-refractivity contribution is 0.0118. The van der Waals surface area contributed by atoms with Crippen LogP contribution in [0.15, 0.2) is 24.3 Å². The average Bonchev–Trinajstić information content (AvgIpc) is 2.27. The highest BCUT2D eigenvalue weighted by Crippen LogP contribution is 2.10. The Kier molecular flexibility index (Phi) is 5.98. The minimum Gasteiger partial charge on any atom is -0.346 e. The number of alkyl halides is 2. The van der Waals surface area contributed by atoms with Gasteiger partial charge in [0.05, 0.1) is 18.7 Å². The van der Waals surface area contributed by atoms with E-state index in [1.54, 1.807) is 0 Å². The van der Waals surface area contributed by atoms with Crippen molar-refractivity contribution in [1.82, 2.24) is 5.32 Å². The summed E-state index contributed by atoms with van der Waals surface area (Å²) in [6, 6.07) is 5.14. The number of benzene rings is 1. The van der Waals surface area contributed by atoms with Gasteiger partial charge in [0.25, 0.3) is 11.8 Å². The van der Waals surface area contributed by atoms with Crippen LogP contribution < -0.4 is 11.1 Å². The van der Waals surface area contributed by atoms with E-state index in [1.165, 1.54) is 18.2 Å². The molecule has 0 aliphatic carbocycles. The van der Waals surface area contributed by atoms with Gasteiger partial charge < -0.3 is 11.1 Å². The van der Waals surface area contributed by atoms with Crippen molar-refractivity contribution in [2.24, 2.45) is 5.73 Å². The molecule has 96 valence electrons. The molecule has 1 aromatic rings. The molecular weight excluding hydrogens is 257 g/mol. The second kappa shape index (κ2) is 6.46.